The average Bonchev–Trinajstić information content (AvgIpc) is 3.02. The van der Waals surface area contributed by atoms with E-state index >= 15 is 0 Å². The van der Waals surface area contributed by atoms with Gasteiger partial charge in [0.15, 0.2) is 0 Å². The Labute approximate surface area is 106 Å². The van der Waals surface area contributed by atoms with Crippen LogP contribution in [0.3, 0.4) is 0 Å². The molecule has 0 saturated heterocycles. The minimum absolute atomic E-state index is 0.235. The zero-order valence-corrected chi connectivity index (χ0v) is 11.6. The molecule has 2 rings (SSSR count). The van der Waals surface area contributed by atoms with Crippen molar-refractivity contribution in [2.75, 3.05) is 6.54 Å². The van der Waals surface area contributed by atoms with E-state index in [1.807, 2.05) is 0 Å². The minimum atomic E-state index is 0.235. The largest absolute Gasteiger partial charge is 0.312 e. The molecule has 0 amide bonds. The van der Waals surface area contributed by atoms with Crippen LogP contribution >= 0.6 is 0 Å². The van der Waals surface area contributed by atoms with Crippen LogP contribution in [0.15, 0.2) is 30.3 Å². The fourth-order valence-corrected chi connectivity index (χ4v) is 2.84. The van der Waals surface area contributed by atoms with E-state index in [9.17, 15) is 0 Å². The summed E-state index contributed by atoms with van der Waals surface area (Å²) in [6.45, 7) is 10.2. The molecule has 1 heteroatoms. The van der Waals surface area contributed by atoms with E-state index in [0.717, 1.165) is 12.5 Å². The second-order valence-corrected chi connectivity index (χ2v) is 6.41. The number of benzene rings is 1. The normalized spacial score (nSPS) is 28.1. The van der Waals surface area contributed by atoms with Gasteiger partial charge >= 0.3 is 0 Å². The zero-order chi connectivity index (χ0) is 12.5. The fraction of sp³-hybridized carbons (Fsp3) is 0.625. The van der Waals surface area contributed by atoms with Crippen molar-refractivity contribution in [3.8, 4) is 0 Å². The van der Waals surface area contributed by atoms with E-state index < -0.39 is 0 Å². The van der Waals surface area contributed by atoms with Crippen LogP contribution in [0.2, 0.25) is 0 Å². The van der Waals surface area contributed by atoms with Crippen molar-refractivity contribution < 1.29 is 0 Å². The van der Waals surface area contributed by atoms with Crippen molar-refractivity contribution in [3.63, 3.8) is 0 Å². The van der Waals surface area contributed by atoms with Gasteiger partial charge in [-0.05, 0) is 57.1 Å². The van der Waals surface area contributed by atoms with Crippen LogP contribution in [-0.4, -0.2) is 12.1 Å². The lowest BCUT2D eigenvalue weighted by molar-refractivity contribution is 0.401. The summed E-state index contributed by atoms with van der Waals surface area (Å²) in [6.07, 6.45) is 2.60. The molecular formula is C16H25N. The van der Waals surface area contributed by atoms with Gasteiger partial charge in [0.1, 0.15) is 0 Å². The molecule has 1 fully saturated rings. The van der Waals surface area contributed by atoms with Gasteiger partial charge in [0, 0.05) is 5.54 Å². The molecule has 1 saturated carbocycles. The highest BCUT2D eigenvalue weighted by Gasteiger charge is 2.53. The Hall–Kier alpha value is -0.820. The maximum Gasteiger partial charge on any atom is 0.00966 e. The van der Waals surface area contributed by atoms with Gasteiger partial charge in [0.25, 0.3) is 0 Å². The van der Waals surface area contributed by atoms with Gasteiger partial charge in [-0.15, -0.1) is 0 Å². The molecule has 0 aliphatic heterocycles. The second-order valence-electron chi connectivity index (χ2n) is 6.41. The number of hydrogen-bond donors (Lipinski definition) is 1. The number of hydrogen-bond acceptors (Lipinski definition) is 1. The van der Waals surface area contributed by atoms with E-state index in [2.05, 4.69) is 63.3 Å². The molecule has 0 heterocycles. The van der Waals surface area contributed by atoms with Crippen molar-refractivity contribution >= 4 is 0 Å². The van der Waals surface area contributed by atoms with Gasteiger partial charge in [-0.1, -0.05) is 37.3 Å². The van der Waals surface area contributed by atoms with Gasteiger partial charge in [-0.3, -0.25) is 0 Å². The molecule has 2 unspecified atom stereocenters. The number of nitrogens with one attached hydrogen (secondary N) is 1. The lowest BCUT2D eigenvalue weighted by Gasteiger charge is -2.22. The summed E-state index contributed by atoms with van der Waals surface area (Å²) in [7, 11) is 0. The molecule has 2 atom stereocenters. The Morgan fingerprint density at radius 1 is 1.24 bits per heavy atom. The molecule has 0 spiro atoms. The molecule has 1 aliphatic carbocycles. The van der Waals surface area contributed by atoms with E-state index in [-0.39, 0.29) is 5.54 Å². The fourth-order valence-electron chi connectivity index (χ4n) is 2.84. The topological polar surface area (TPSA) is 12.0 Å². The first-order valence-corrected chi connectivity index (χ1v) is 6.78. The molecule has 94 valence electrons. The molecule has 0 radical (unpaired) electrons. The molecule has 0 bridgehead atoms. The molecule has 1 aliphatic rings. The molecular weight excluding hydrogens is 206 g/mol. The second kappa shape index (κ2) is 4.45. The third kappa shape index (κ3) is 2.71. The third-order valence-electron chi connectivity index (χ3n) is 4.09. The first-order chi connectivity index (χ1) is 7.98. The summed E-state index contributed by atoms with van der Waals surface area (Å²) in [4.78, 5) is 0. The van der Waals surface area contributed by atoms with Gasteiger partial charge in [-0.25, -0.2) is 0 Å². The van der Waals surface area contributed by atoms with Crippen molar-refractivity contribution in [3.05, 3.63) is 35.9 Å². The zero-order valence-electron chi connectivity index (χ0n) is 11.6. The summed E-state index contributed by atoms with van der Waals surface area (Å²) in [5, 5.41) is 3.64. The lowest BCUT2D eigenvalue weighted by Crippen LogP contribution is -2.38. The van der Waals surface area contributed by atoms with Gasteiger partial charge in [0.2, 0.25) is 0 Å². The van der Waals surface area contributed by atoms with Crippen LogP contribution in [0.4, 0.5) is 0 Å². The highest BCUT2D eigenvalue weighted by molar-refractivity contribution is 5.33. The predicted octanol–water partition coefficient (Wildman–Crippen LogP) is 3.74. The smallest absolute Gasteiger partial charge is 0.00966 e. The summed E-state index contributed by atoms with van der Waals surface area (Å²) < 4.78 is 0. The highest BCUT2D eigenvalue weighted by atomic mass is 15.0. The van der Waals surface area contributed by atoms with Gasteiger partial charge in [-0.2, -0.15) is 0 Å². The van der Waals surface area contributed by atoms with E-state index in [4.69, 9.17) is 0 Å². The monoisotopic (exact) mass is 231 g/mol. The van der Waals surface area contributed by atoms with E-state index in [0.29, 0.717) is 5.41 Å². The molecule has 1 aromatic carbocycles. The standard InChI is InChI=1S/C16H25N/c1-5-16(13-9-7-6-8-10-13)11-14(16)12-17-15(2,3)4/h6-10,14,17H,5,11-12H2,1-4H3. The summed E-state index contributed by atoms with van der Waals surface area (Å²) >= 11 is 0. The SMILES string of the molecule is CCC1(c2ccccc2)CC1CNC(C)(C)C. The molecule has 1 aromatic rings. The van der Waals surface area contributed by atoms with Gasteiger partial charge in [0.05, 0.1) is 0 Å². The molecule has 1 N–H and O–H groups in total. The van der Waals surface area contributed by atoms with Crippen molar-refractivity contribution in [2.45, 2.75) is 51.5 Å². The lowest BCUT2D eigenvalue weighted by atomic mass is 9.90. The highest BCUT2D eigenvalue weighted by Crippen LogP contribution is 2.56. The van der Waals surface area contributed by atoms with Crippen LogP contribution in [0, 0.1) is 5.92 Å². The quantitative estimate of drug-likeness (QED) is 0.832. The maximum absolute atomic E-state index is 3.64. The predicted molar refractivity (Wildman–Crippen MR) is 74.3 cm³/mol. The molecule has 0 aromatic heterocycles. The average molecular weight is 231 g/mol. The molecule has 17 heavy (non-hydrogen) atoms. The Balaban J connectivity index is 2.01. The third-order valence-corrected chi connectivity index (χ3v) is 4.09. The summed E-state index contributed by atoms with van der Waals surface area (Å²) in [5.74, 6) is 0.814. The Morgan fingerprint density at radius 2 is 1.88 bits per heavy atom. The van der Waals surface area contributed by atoms with E-state index in [1.165, 1.54) is 18.4 Å². The summed E-state index contributed by atoms with van der Waals surface area (Å²) in [5.41, 5.74) is 2.22. The summed E-state index contributed by atoms with van der Waals surface area (Å²) in [6, 6.07) is 11.0. The molecule has 1 nitrogen and oxygen atoms in total. The van der Waals surface area contributed by atoms with Crippen molar-refractivity contribution in [2.24, 2.45) is 5.92 Å². The number of rotatable bonds is 4. The Morgan fingerprint density at radius 3 is 2.41 bits per heavy atom. The van der Waals surface area contributed by atoms with Crippen LogP contribution in [-0.2, 0) is 5.41 Å². The van der Waals surface area contributed by atoms with Crippen molar-refractivity contribution in [1.82, 2.24) is 5.32 Å². The van der Waals surface area contributed by atoms with Gasteiger partial charge < -0.3 is 5.32 Å². The Bertz CT molecular complexity index is 363. The van der Waals surface area contributed by atoms with Crippen LogP contribution in [0.1, 0.15) is 46.1 Å². The first-order valence-electron chi connectivity index (χ1n) is 6.78. The van der Waals surface area contributed by atoms with Crippen LogP contribution in [0.5, 0.6) is 0 Å². The maximum atomic E-state index is 3.64. The Kier molecular flexibility index (Phi) is 3.31. The van der Waals surface area contributed by atoms with Crippen LogP contribution in [0.25, 0.3) is 0 Å². The first kappa shape index (κ1) is 12.6. The minimum Gasteiger partial charge on any atom is -0.312 e. The van der Waals surface area contributed by atoms with Crippen molar-refractivity contribution in [1.29, 1.82) is 0 Å². The van der Waals surface area contributed by atoms with E-state index in [1.54, 1.807) is 0 Å². The van der Waals surface area contributed by atoms with Crippen LogP contribution < -0.4 is 5.32 Å².